The summed E-state index contributed by atoms with van der Waals surface area (Å²) in [5.41, 5.74) is 4.15. The van der Waals surface area contributed by atoms with Crippen LogP contribution in [0.3, 0.4) is 0 Å². The molecule has 1 fully saturated rings. The number of nitrogens with one attached hydrogen (secondary N) is 1. The highest BCUT2D eigenvalue weighted by molar-refractivity contribution is 5.95. The molecule has 5 heteroatoms. The number of benzene rings is 1. The number of rotatable bonds is 4. The molecular formula is C20H23N3O2. The van der Waals surface area contributed by atoms with Gasteiger partial charge in [-0.2, -0.15) is 5.10 Å². The average Bonchev–Trinajstić information content (AvgIpc) is 3.30. The Labute approximate surface area is 147 Å². The second kappa shape index (κ2) is 6.39. The van der Waals surface area contributed by atoms with E-state index in [4.69, 9.17) is 4.42 Å². The van der Waals surface area contributed by atoms with E-state index in [0.29, 0.717) is 12.5 Å². The molecule has 5 nitrogen and oxygen atoms in total. The van der Waals surface area contributed by atoms with E-state index in [2.05, 4.69) is 30.3 Å². The minimum absolute atomic E-state index is 0.0410. The van der Waals surface area contributed by atoms with Gasteiger partial charge < -0.3 is 9.73 Å². The molecule has 1 N–H and O–H groups in total. The Balaban J connectivity index is 1.52. The van der Waals surface area contributed by atoms with Crippen LogP contribution in [-0.2, 0) is 11.2 Å². The fraction of sp³-hybridized carbons (Fsp3) is 0.400. The zero-order valence-corrected chi connectivity index (χ0v) is 14.7. The zero-order valence-electron chi connectivity index (χ0n) is 14.7. The number of carbonyl (C=O) groups excluding carboxylic acids is 1. The molecule has 2 aromatic heterocycles. The molecule has 3 aromatic rings. The molecule has 1 aromatic carbocycles. The van der Waals surface area contributed by atoms with Crippen LogP contribution in [0.1, 0.15) is 48.4 Å². The van der Waals surface area contributed by atoms with Crippen LogP contribution < -0.4 is 5.32 Å². The molecule has 1 aliphatic carbocycles. The minimum atomic E-state index is -0.0410. The lowest BCUT2D eigenvalue weighted by Crippen LogP contribution is -2.19. The number of fused-ring (bicyclic) bond motifs is 1. The van der Waals surface area contributed by atoms with Gasteiger partial charge >= 0.3 is 0 Å². The van der Waals surface area contributed by atoms with Crippen LogP contribution in [0.15, 0.2) is 35.1 Å². The van der Waals surface area contributed by atoms with Gasteiger partial charge in [0.15, 0.2) is 0 Å². The van der Waals surface area contributed by atoms with E-state index in [1.54, 1.807) is 12.5 Å². The van der Waals surface area contributed by atoms with E-state index in [0.717, 1.165) is 35.2 Å². The fourth-order valence-electron chi connectivity index (χ4n) is 3.69. The van der Waals surface area contributed by atoms with Crippen LogP contribution in [0.4, 0.5) is 5.82 Å². The molecule has 0 radical (unpaired) electrons. The van der Waals surface area contributed by atoms with Crippen LogP contribution >= 0.6 is 0 Å². The van der Waals surface area contributed by atoms with Crippen LogP contribution in [0, 0.1) is 13.8 Å². The first kappa shape index (κ1) is 15.9. The van der Waals surface area contributed by atoms with E-state index >= 15 is 0 Å². The summed E-state index contributed by atoms with van der Waals surface area (Å²) >= 11 is 0. The standard InChI is InChI=1S/C20H23N3O2/c1-13-9-17-15(12-25-18(17)10-14(13)2)11-20(24)22-19-7-8-21-23(19)16-5-3-4-6-16/h7-10,12,16H,3-6,11H2,1-2H3,(H,22,24). The van der Waals surface area contributed by atoms with E-state index < -0.39 is 0 Å². The molecule has 0 spiro atoms. The number of amides is 1. The summed E-state index contributed by atoms with van der Waals surface area (Å²) in [4.78, 5) is 12.5. The van der Waals surface area contributed by atoms with E-state index in [1.165, 1.54) is 24.0 Å². The van der Waals surface area contributed by atoms with E-state index in [9.17, 15) is 4.79 Å². The number of nitrogens with zero attached hydrogens (tertiary/aromatic N) is 2. The van der Waals surface area contributed by atoms with Crippen molar-refractivity contribution in [2.45, 2.75) is 52.0 Å². The summed E-state index contributed by atoms with van der Waals surface area (Å²) in [6.07, 6.45) is 8.48. The molecular weight excluding hydrogens is 314 g/mol. The maximum atomic E-state index is 12.5. The van der Waals surface area contributed by atoms with Crippen molar-refractivity contribution in [1.29, 1.82) is 0 Å². The number of hydrogen-bond donors (Lipinski definition) is 1. The lowest BCUT2D eigenvalue weighted by molar-refractivity contribution is -0.115. The van der Waals surface area contributed by atoms with Gasteiger partial charge in [-0.25, -0.2) is 4.68 Å². The Morgan fingerprint density at radius 3 is 2.84 bits per heavy atom. The first-order chi connectivity index (χ1) is 12.1. The quantitative estimate of drug-likeness (QED) is 0.760. The van der Waals surface area contributed by atoms with Crippen molar-refractivity contribution in [1.82, 2.24) is 9.78 Å². The SMILES string of the molecule is Cc1cc2occ(CC(=O)Nc3ccnn3C3CCCC3)c2cc1C. The van der Waals surface area contributed by atoms with Crippen molar-refractivity contribution in [3.05, 3.63) is 47.3 Å². The summed E-state index contributed by atoms with van der Waals surface area (Å²) in [6, 6.07) is 6.41. The van der Waals surface area contributed by atoms with Crippen LogP contribution in [-0.4, -0.2) is 15.7 Å². The highest BCUT2D eigenvalue weighted by atomic mass is 16.3. The Hall–Kier alpha value is -2.56. The second-order valence-corrected chi connectivity index (χ2v) is 7.02. The van der Waals surface area contributed by atoms with Gasteiger partial charge in [-0.1, -0.05) is 12.8 Å². The van der Waals surface area contributed by atoms with Gasteiger partial charge in [0, 0.05) is 17.0 Å². The minimum Gasteiger partial charge on any atom is -0.464 e. The van der Waals surface area contributed by atoms with Crippen LogP contribution in [0.2, 0.25) is 0 Å². The summed E-state index contributed by atoms with van der Waals surface area (Å²) in [5.74, 6) is 0.748. The van der Waals surface area contributed by atoms with Crippen molar-refractivity contribution < 1.29 is 9.21 Å². The Morgan fingerprint density at radius 1 is 1.28 bits per heavy atom. The second-order valence-electron chi connectivity index (χ2n) is 7.02. The van der Waals surface area contributed by atoms with Gasteiger partial charge in [0.2, 0.25) is 5.91 Å². The Bertz CT molecular complexity index is 916. The van der Waals surface area contributed by atoms with Crippen molar-refractivity contribution in [2.75, 3.05) is 5.32 Å². The number of aryl methyl sites for hydroxylation is 2. The van der Waals surface area contributed by atoms with Gasteiger partial charge in [0.25, 0.3) is 0 Å². The van der Waals surface area contributed by atoms with Gasteiger partial charge in [-0.3, -0.25) is 4.79 Å². The molecule has 1 aliphatic rings. The average molecular weight is 337 g/mol. The molecule has 0 saturated heterocycles. The van der Waals surface area contributed by atoms with Gasteiger partial charge in [-0.15, -0.1) is 0 Å². The first-order valence-corrected chi connectivity index (χ1v) is 8.92. The third-order valence-electron chi connectivity index (χ3n) is 5.23. The molecule has 0 bridgehead atoms. The highest BCUT2D eigenvalue weighted by Crippen LogP contribution is 2.31. The zero-order chi connectivity index (χ0) is 17.4. The lowest BCUT2D eigenvalue weighted by atomic mass is 10.0. The number of hydrogen-bond acceptors (Lipinski definition) is 3. The first-order valence-electron chi connectivity index (χ1n) is 8.92. The molecule has 2 heterocycles. The van der Waals surface area contributed by atoms with Crippen LogP contribution in [0.5, 0.6) is 0 Å². The highest BCUT2D eigenvalue weighted by Gasteiger charge is 2.21. The largest absolute Gasteiger partial charge is 0.464 e. The third kappa shape index (κ3) is 3.06. The maximum Gasteiger partial charge on any atom is 0.230 e. The normalized spacial score (nSPS) is 15.1. The number of carbonyl (C=O) groups is 1. The van der Waals surface area contributed by atoms with Gasteiger partial charge in [0.05, 0.1) is 24.9 Å². The van der Waals surface area contributed by atoms with Crippen LogP contribution in [0.25, 0.3) is 11.0 Å². The molecule has 0 unspecified atom stereocenters. The van der Waals surface area contributed by atoms with Crippen molar-refractivity contribution in [3.8, 4) is 0 Å². The molecule has 130 valence electrons. The van der Waals surface area contributed by atoms with Crippen molar-refractivity contribution >= 4 is 22.7 Å². The number of anilines is 1. The van der Waals surface area contributed by atoms with E-state index in [-0.39, 0.29) is 5.91 Å². The molecule has 4 rings (SSSR count). The van der Waals surface area contributed by atoms with E-state index in [1.807, 2.05) is 16.8 Å². The molecule has 1 amide bonds. The molecule has 0 atom stereocenters. The number of furan rings is 1. The maximum absolute atomic E-state index is 12.5. The number of aromatic nitrogens is 2. The summed E-state index contributed by atoms with van der Waals surface area (Å²) in [5, 5.41) is 8.44. The van der Waals surface area contributed by atoms with Crippen molar-refractivity contribution in [2.24, 2.45) is 0 Å². The fourth-order valence-corrected chi connectivity index (χ4v) is 3.69. The van der Waals surface area contributed by atoms with Gasteiger partial charge in [-0.05, 0) is 49.9 Å². The summed E-state index contributed by atoms with van der Waals surface area (Å²) in [6.45, 7) is 4.14. The predicted octanol–water partition coefficient (Wildman–Crippen LogP) is 4.54. The summed E-state index contributed by atoms with van der Waals surface area (Å²) in [7, 11) is 0. The Kier molecular flexibility index (Phi) is 4.07. The predicted molar refractivity (Wildman–Crippen MR) is 97.8 cm³/mol. The Morgan fingerprint density at radius 2 is 2.04 bits per heavy atom. The smallest absolute Gasteiger partial charge is 0.230 e. The topological polar surface area (TPSA) is 60.1 Å². The third-order valence-corrected chi connectivity index (χ3v) is 5.23. The van der Waals surface area contributed by atoms with Crippen molar-refractivity contribution in [3.63, 3.8) is 0 Å². The lowest BCUT2D eigenvalue weighted by Gasteiger charge is -2.14. The molecule has 1 saturated carbocycles. The monoisotopic (exact) mass is 337 g/mol. The molecule has 0 aliphatic heterocycles. The molecule has 25 heavy (non-hydrogen) atoms. The summed E-state index contributed by atoms with van der Waals surface area (Å²) < 4.78 is 7.59. The van der Waals surface area contributed by atoms with Gasteiger partial charge in [0.1, 0.15) is 11.4 Å².